The van der Waals surface area contributed by atoms with Crippen LogP contribution in [0.25, 0.3) is 0 Å². The van der Waals surface area contributed by atoms with Crippen molar-refractivity contribution in [3.05, 3.63) is 119 Å². The standard InChI is InChI=1S/C47H50N4O7/c1-29-44(46(2,3)33-11-16-37(57-4)17-12-33)40(25-43(55)50-27-32-8-6-5-7-31(32)23-36(50)28-52)58-47(29)38-24-35(49-22-20-42(49)54)15-18-39(38)51(45(47)56)26-30-9-13-34(14-10-30)48-21-19-41(48)53/h5-18,24,29,36,40,44,52H,19-23,25-28H2,1-4H3/t29-,36-,40+,44-,47+/m0/s1. The van der Waals surface area contributed by atoms with Crippen molar-refractivity contribution in [3.8, 4) is 5.75 Å². The predicted molar refractivity (Wildman–Crippen MR) is 219 cm³/mol. The largest absolute Gasteiger partial charge is 0.497 e. The molecule has 1 spiro atoms. The van der Waals surface area contributed by atoms with Gasteiger partial charge in [0.25, 0.3) is 5.91 Å². The number of rotatable bonds is 10. The smallest absolute Gasteiger partial charge is 0.264 e. The van der Waals surface area contributed by atoms with E-state index in [1.165, 1.54) is 0 Å². The minimum absolute atomic E-state index is 0.0125. The van der Waals surface area contributed by atoms with E-state index in [9.17, 15) is 19.5 Å². The fraction of sp³-hybridized carbons (Fsp3) is 0.404. The van der Waals surface area contributed by atoms with Crippen LogP contribution in [0.15, 0.2) is 91.0 Å². The van der Waals surface area contributed by atoms with Crippen molar-refractivity contribution in [3.63, 3.8) is 0 Å². The zero-order valence-corrected chi connectivity index (χ0v) is 33.5. The Morgan fingerprint density at radius 3 is 2.16 bits per heavy atom. The number of hydrogen-bond acceptors (Lipinski definition) is 7. The molecule has 0 bridgehead atoms. The average molecular weight is 783 g/mol. The summed E-state index contributed by atoms with van der Waals surface area (Å²) in [4.78, 5) is 62.1. The van der Waals surface area contributed by atoms with Crippen LogP contribution in [0.5, 0.6) is 5.75 Å². The molecule has 0 aromatic heterocycles. The number of hydrogen-bond donors (Lipinski definition) is 1. The Morgan fingerprint density at radius 1 is 0.879 bits per heavy atom. The maximum absolute atomic E-state index is 15.5. The first kappa shape index (κ1) is 38.0. The first-order valence-electron chi connectivity index (χ1n) is 20.4. The van der Waals surface area contributed by atoms with Crippen molar-refractivity contribution in [1.82, 2.24) is 4.90 Å². The highest BCUT2D eigenvalue weighted by molar-refractivity contribution is 6.09. The van der Waals surface area contributed by atoms with Crippen LogP contribution in [-0.4, -0.2) is 72.6 Å². The maximum atomic E-state index is 15.5. The van der Waals surface area contributed by atoms with Gasteiger partial charge in [-0.3, -0.25) is 19.2 Å². The Morgan fingerprint density at radius 2 is 1.53 bits per heavy atom. The SMILES string of the molecule is COc1ccc(C(C)(C)[C@@H]2[C@@H](CC(=O)N3Cc4ccccc4C[C@H]3CO)O[C@]3(C(=O)N(Cc4ccc(N5CCC5=O)cc4)c4ccc(N5CCC5=O)cc43)[C@H]2C)cc1. The molecule has 58 heavy (non-hydrogen) atoms. The lowest BCUT2D eigenvalue weighted by molar-refractivity contribution is -0.151. The number of amides is 4. The second-order valence-corrected chi connectivity index (χ2v) is 17.0. The molecule has 0 unspecified atom stereocenters. The second kappa shape index (κ2) is 14.4. The molecule has 4 aromatic carbocycles. The van der Waals surface area contributed by atoms with Gasteiger partial charge in [-0.25, -0.2) is 0 Å². The fourth-order valence-corrected chi connectivity index (χ4v) is 10.3. The van der Waals surface area contributed by atoms with Gasteiger partial charge in [-0.1, -0.05) is 69.3 Å². The molecule has 0 saturated carbocycles. The molecule has 300 valence electrons. The van der Waals surface area contributed by atoms with Gasteiger partial charge in [0.1, 0.15) is 5.75 Å². The molecule has 11 nitrogen and oxygen atoms in total. The van der Waals surface area contributed by atoms with Gasteiger partial charge < -0.3 is 34.2 Å². The molecule has 0 aliphatic carbocycles. The highest BCUT2D eigenvalue weighted by atomic mass is 16.5. The lowest BCUT2D eigenvalue weighted by Crippen LogP contribution is -2.48. The summed E-state index contributed by atoms with van der Waals surface area (Å²) in [5.74, 6) is -0.243. The zero-order valence-electron chi connectivity index (χ0n) is 33.5. The molecule has 5 aliphatic rings. The molecule has 4 aromatic rings. The second-order valence-electron chi connectivity index (χ2n) is 17.0. The molecule has 3 fully saturated rings. The lowest BCUT2D eigenvalue weighted by atomic mass is 9.63. The van der Waals surface area contributed by atoms with E-state index in [-0.39, 0.29) is 55.2 Å². The van der Waals surface area contributed by atoms with Crippen molar-refractivity contribution >= 4 is 40.7 Å². The van der Waals surface area contributed by atoms with Gasteiger partial charge in [0.15, 0.2) is 5.60 Å². The predicted octanol–water partition coefficient (Wildman–Crippen LogP) is 5.88. The number of β-lactam (4-membered cyclic amide) rings is 2. The van der Waals surface area contributed by atoms with Crippen LogP contribution in [-0.2, 0) is 54.4 Å². The summed E-state index contributed by atoms with van der Waals surface area (Å²) >= 11 is 0. The summed E-state index contributed by atoms with van der Waals surface area (Å²) in [6.45, 7) is 8.15. The summed E-state index contributed by atoms with van der Waals surface area (Å²) in [5, 5.41) is 10.5. The van der Waals surface area contributed by atoms with Gasteiger partial charge in [0, 0.05) is 61.2 Å². The van der Waals surface area contributed by atoms with Crippen LogP contribution in [0, 0.1) is 11.8 Å². The number of aliphatic hydroxyl groups is 1. The summed E-state index contributed by atoms with van der Waals surface area (Å²) in [6, 6.07) is 29.1. The zero-order chi connectivity index (χ0) is 40.5. The Kier molecular flexibility index (Phi) is 9.43. The molecule has 3 saturated heterocycles. The normalized spacial score (nSPS) is 25.2. The van der Waals surface area contributed by atoms with Crippen molar-refractivity contribution in [1.29, 1.82) is 0 Å². The molecule has 4 amide bonds. The Hall–Kier alpha value is -5.52. The number of benzene rings is 4. The first-order chi connectivity index (χ1) is 27.9. The van der Waals surface area contributed by atoms with Crippen molar-refractivity contribution in [2.24, 2.45) is 11.8 Å². The van der Waals surface area contributed by atoms with Crippen LogP contribution < -0.4 is 19.4 Å². The number of anilines is 3. The third kappa shape index (κ3) is 6.00. The minimum atomic E-state index is -1.46. The van der Waals surface area contributed by atoms with E-state index in [2.05, 4.69) is 26.8 Å². The quantitative estimate of drug-likeness (QED) is 0.200. The summed E-state index contributed by atoms with van der Waals surface area (Å²) in [6.07, 6.45) is 0.897. The average Bonchev–Trinajstić information content (AvgIpc) is 3.65. The topological polar surface area (TPSA) is 120 Å². The van der Waals surface area contributed by atoms with Crippen LogP contribution >= 0.6 is 0 Å². The summed E-state index contributed by atoms with van der Waals surface area (Å²) in [5.41, 5.74) is 4.98. The molecule has 1 N–H and O–H groups in total. The molecular weight excluding hydrogens is 733 g/mol. The number of nitrogens with zero attached hydrogens (tertiary/aromatic N) is 4. The van der Waals surface area contributed by atoms with Crippen molar-refractivity contribution < 1.29 is 33.8 Å². The number of carbonyl (C=O) groups excluding carboxylic acids is 4. The Balaban J connectivity index is 1.12. The third-order valence-electron chi connectivity index (χ3n) is 13.7. The van der Waals surface area contributed by atoms with Gasteiger partial charge in [-0.05, 0) is 76.6 Å². The van der Waals surface area contributed by atoms with E-state index < -0.39 is 23.0 Å². The summed E-state index contributed by atoms with van der Waals surface area (Å²) in [7, 11) is 1.63. The van der Waals surface area contributed by atoms with Gasteiger partial charge in [-0.2, -0.15) is 0 Å². The molecule has 5 aliphatic heterocycles. The van der Waals surface area contributed by atoms with E-state index in [0.29, 0.717) is 55.8 Å². The van der Waals surface area contributed by atoms with E-state index in [1.807, 2.05) is 84.9 Å². The number of aliphatic hydroxyl groups excluding tert-OH is 1. The number of carbonyl (C=O) groups is 4. The van der Waals surface area contributed by atoms with E-state index in [0.717, 1.165) is 33.7 Å². The van der Waals surface area contributed by atoms with Crippen LogP contribution in [0.1, 0.15) is 67.9 Å². The van der Waals surface area contributed by atoms with E-state index in [4.69, 9.17) is 9.47 Å². The third-order valence-corrected chi connectivity index (χ3v) is 13.7. The van der Waals surface area contributed by atoms with Gasteiger partial charge in [0.2, 0.25) is 17.7 Å². The van der Waals surface area contributed by atoms with E-state index in [1.54, 1.807) is 26.7 Å². The monoisotopic (exact) mass is 782 g/mol. The number of ether oxygens (including phenoxy) is 2. The maximum Gasteiger partial charge on any atom is 0.264 e. The van der Waals surface area contributed by atoms with Gasteiger partial charge in [-0.15, -0.1) is 0 Å². The van der Waals surface area contributed by atoms with Crippen LogP contribution in [0.4, 0.5) is 17.1 Å². The fourth-order valence-electron chi connectivity index (χ4n) is 10.3. The highest BCUT2D eigenvalue weighted by Crippen LogP contribution is 2.60. The molecular formula is C47H50N4O7. The molecule has 11 heteroatoms. The van der Waals surface area contributed by atoms with Gasteiger partial charge in [0.05, 0.1) is 44.5 Å². The molecule has 0 radical (unpaired) electrons. The number of methoxy groups -OCH3 is 1. The molecule has 9 rings (SSSR count). The van der Waals surface area contributed by atoms with Crippen LogP contribution in [0.2, 0.25) is 0 Å². The molecule has 5 atom stereocenters. The van der Waals surface area contributed by atoms with Gasteiger partial charge >= 0.3 is 0 Å². The molecule has 5 heterocycles. The van der Waals surface area contributed by atoms with Crippen molar-refractivity contribution in [2.75, 3.05) is 41.5 Å². The van der Waals surface area contributed by atoms with Crippen LogP contribution in [0.3, 0.4) is 0 Å². The first-order valence-corrected chi connectivity index (χ1v) is 20.4. The summed E-state index contributed by atoms with van der Waals surface area (Å²) < 4.78 is 12.8. The number of fused-ring (bicyclic) bond motifs is 3. The van der Waals surface area contributed by atoms with Crippen molar-refractivity contribution in [2.45, 2.75) is 82.7 Å². The highest BCUT2D eigenvalue weighted by Gasteiger charge is 2.66. The Labute approximate surface area is 339 Å². The lowest BCUT2D eigenvalue weighted by Gasteiger charge is -2.40. The minimum Gasteiger partial charge on any atom is -0.497 e. The Bertz CT molecular complexity index is 2290. The van der Waals surface area contributed by atoms with E-state index >= 15 is 4.79 Å².